The molecule has 3 amide bonds. The third kappa shape index (κ3) is 3.05. The summed E-state index contributed by atoms with van der Waals surface area (Å²) in [7, 11) is 0. The second-order valence-corrected chi connectivity index (χ2v) is 2.81. The summed E-state index contributed by atoms with van der Waals surface area (Å²) >= 11 is 0. The molecule has 16 heavy (non-hydrogen) atoms. The molecule has 1 rings (SSSR count). The Morgan fingerprint density at radius 3 is 2.31 bits per heavy atom. The fourth-order valence-corrected chi connectivity index (χ4v) is 0.950. The minimum atomic E-state index is -1.26. The second-order valence-electron chi connectivity index (χ2n) is 2.81. The fourth-order valence-electron chi connectivity index (χ4n) is 0.950. The van der Waals surface area contributed by atoms with Gasteiger partial charge in [0.2, 0.25) is 5.91 Å². The molecule has 0 saturated carbocycles. The Kier molecular flexibility index (Phi) is 3.54. The number of imide groups is 1. The smallest absolute Gasteiger partial charge is 0.328 e. The standard InChI is InChI=1S/C9H8N2O5/c12-6(1-4-9(15)16)10-5-11-7(13)2-3-8(11)14/h1-4H,5H2,(H,10,12)(H,15,16)/b4-1-. The molecular formula is C9H8N2O5. The SMILES string of the molecule is O=C(O)/C=C\C(=O)NCN1C(=O)C=CC1=O. The first-order valence-corrected chi connectivity index (χ1v) is 4.23. The lowest BCUT2D eigenvalue weighted by Gasteiger charge is -2.13. The first-order valence-electron chi connectivity index (χ1n) is 4.23. The van der Waals surface area contributed by atoms with Crippen LogP contribution in [-0.4, -0.2) is 40.4 Å². The quantitative estimate of drug-likeness (QED) is 0.452. The second kappa shape index (κ2) is 4.87. The summed E-state index contributed by atoms with van der Waals surface area (Å²) in [5.74, 6) is -3.00. The van der Waals surface area contributed by atoms with E-state index in [0.717, 1.165) is 23.1 Å². The molecule has 1 aliphatic rings. The number of rotatable bonds is 4. The summed E-state index contributed by atoms with van der Waals surface area (Å²) in [6, 6.07) is 0. The minimum Gasteiger partial charge on any atom is -0.478 e. The Morgan fingerprint density at radius 1 is 1.25 bits per heavy atom. The zero-order valence-corrected chi connectivity index (χ0v) is 8.04. The number of carbonyl (C=O) groups is 4. The van der Waals surface area contributed by atoms with Crippen LogP contribution in [0.3, 0.4) is 0 Å². The van der Waals surface area contributed by atoms with E-state index in [4.69, 9.17) is 5.11 Å². The van der Waals surface area contributed by atoms with Crippen LogP contribution in [0.15, 0.2) is 24.3 Å². The normalized spacial score (nSPS) is 14.9. The van der Waals surface area contributed by atoms with Crippen molar-refractivity contribution in [3.63, 3.8) is 0 Å². The molecule has 0 bridgehead atoms. The molecule has 0 aromatic rings. The van der Waals surface area contributed by atoms with Gasteiger partial charge in [0.25, 0.3) is 11.8 Å². The monoisotopic (exact) mass is 224 g/mol. The highest BCUT2D eigenvalue weighted by Gasteiger charge is 2.22. The van der Waals surface area contributed by atoms with Crippen molar-refractivity contribution in [1.82, 2.24) is 10.2 Å². The lowest BCUT2D eigenvalue weighted by atomic mass is 10.4. The van der Waals surface area contributed by atoms with Crippen LogP contribution in [0, 0.1) is 0 Å². The summed E-state index contributed by atoms with van der Waals surface area (Å²) in [4.78, 5) is 43.9. The number of carbonyl (C=O) groups excluding carboxylic acids is 3. The summed E-state index contributed by atoms with van der Waals surface area (Å²) in [6.45, 7) is -0.284. The summed E-state index contributed by atoms with van der Waals surface area (Å²) < 4.78 is 0. The fraction of sp³-hybridized carbons (Fsp3) is 0.111. The molecule has 2 N–H and O–H groups in total. The van der Waals surface area contributed by atoms with Crippen molar-refractivity contribution in [2.45, 2.75) is 0 Å². The largest absolute Gasteiger partial charge is 0.478 e. The van der Waals surface area contributed by atoms with Crippen molar-refractivity contribution < 1.29 is 24.3 Å². The maximum Gasteiger partial charge on any atom is 0.328 e. The number of aliphatic carboxylic acids is 1. The number of nitrogens with one attached hydrogen (secondary N) is 1. The van der Waals surface area contributed by atoms with Gasteiger partial charge in [-0.25, -0.2) is 4.79 Å². The van der Waals surface area contributed by atoms with E-state index in [0.29, 0.717) is 6.08 Å². The lowest BCUT2D eigenvalue weighted by Crippen LogP contribution is -2.40. The zero-order chi connectivity index (χ0) is 12.1. The van der Waals surface area contributed by atoms with Crippen LogP contribution < -0.4 is 5.32 Å². The van der Waals surface area contributed by atoms with Gasteiger partial charge in [0, 0.05) is 24.3 Å². The maximum atomic E-state index is 11.0. The Hall–Kier alpha value is -2.44. The lowest BCUT2D eigenvalue weighted by molar-refractivity contribution is -0.138. The van der Waals surface area contributed by atoms with Gasteiger partial charge in [0.1, 0.15) is 6.67 Å². The van der Waals surface area contributed by atoms with Crippen molar-refractivity contribution in [2.24, 2.45) is 0 Å². The van der Waals surface area contributed by atoms with Gasteiger partial charge < -0.3 is 10.4 Å². The Morgan fingerprint density at radius 2 is 1.81 bits per heavy atom. The molecule has 0 aromatic carbocycles. The number of nitrogens with zero attached hydrogens (tertiary/aromatic N) is 1. The van der Waals surface area contributed by atoms with Crippen molar-refractivity contribution in [2.75, 3.05) is 6.67 Å². The van der Waals surface area contributed by atoms with E-state index < -0.39 is 23.7 Å². The first-order chi connectivity index (χ1) is 7.50. The van der Waals surface area contributed by atoms with Crippen LogP contribution in [0.4, 0.5) is 0 Å². The van der Waals surface area contributed by atoms with Crippen LogP contribution in [0.25, 0.3) is 0 Å². The van der Waals surface area contributed by atoms with Gasteiger partial charge in [0.05, 0.1) is 0 Å². The van der Waals surface area contributed by atoms with Gasteiger partial charge in [-0.15, -0.1) is 0 Å². The third-order valence-electron chi connectivity index (χ3n) is 1.69. The van der Waals surface area contributed by atoms with Gasteiger partial charge in [0.15, 0.2) is 0 Å². The predicted molar refractivity (Wildman–Crippen MR) is 50.8 cm³/mol. The molecule has 0 radical (unpaired) electrons. The average molecular weight is 224 g/mol. The van der Waals surface area contributed by atoms with Crippen molar-refractivity contribution >= 4 is 23.7 Å². The Bertz CT molecular complexity index is 392. The highest BCUT2D eigenvalue weighted by atomic mass is 16.4. The number of carboxylic acids is 1. The Balaban J connectivity index is 2.41. The maximum absolute atomic E-state index is 11.0. The molecule has 0 saturated heterocycles. The minimum absolute atomic E-state index is 0.284. The molecule has 0 aliphatic carbocycles. The molecule has 0 spiro atoms. The van der Waals surface area contributed by atoms with Gasteiger partial charge in [-0.2, -0.15) is 0 Å². The van der Waals surface area contributed by atoms with E-state index in [1.54, 1.807) is 0 Å². The zero-order valence-electron chi connectivity index (χ0n) is 8.04. The highest BCUT2D eigenvalue weighted by molar-refractivity contribution is 6.13. The van der Waals surface area contributed by atoms with Crippen molar-refractivity contribution in [1.29, 1.82) is 0 Å². The molecule has 1 heterocycles. The summed E-state index contributed by atoms with van der Waals surface area (Å²) in [6.07, 6.45) is 3.62. The molecular weight excluding hydrogens is 216 g/mol. The van der Waals surface area contributed by atoms with E-state index >= 15 is 0 Å². The molecule has 0 unspecified atom stereocenters. The van der Waals surface area contributed by atoms with Crippen LogP contribution in [-0.2, 0) is 19.2 Å². The van der Waals surface area contributed by atoms with E-state index in [1.165, 1.54) is 0 Å². The van der Waals surface area contributed by atoms with E-state index in [1.807, 2.05) is 0 Å². The highest BCUT2D eigenvalue weighted by Crippen LogP contribution is 2.00. The van der Waals surface area contributed by atoms with Crippen LogP contribution in [0.1, 0.15) is 0 Å². The van der Waals surface area contributed by atoms with Crippen LogP contribution in [0.5, 0.6) is 0 Å². The molecule has 84 valence electrons. The number of hydrogen-bond acceptors (Lipinski definition) is 4. The first kappa shape index (κ1) is 11.6. The van der Waals surface area contributed by atoms with Crippen LogP contribution >= 0.6 is 0 Å². The summed E-state index contributed by atoms with van der Waals surface area (Å²) in [5.41, 5.74) is 0. The van der Waals surface area contributed by atoms with Gasteiger partial charge in [-0.3, -0.25) is 19.3 Å². The average Bonchev–Trinajstić information content (AvgIpc) is 2.53. The molecule has 0 aromatic heterocycles. The predicted octanol–water partition coefficient (Wildman–Crippen LogP) is -1.37. The number of hydrogen-bond donors (Lipinski definition) is 2. The van der Waals surface area contributed by atoms with Gasteiger partial charge >= 0.3 is 5.97 Å². The summed E-state index contributed by atoms with van der Waals surface area (Å²) in [5, 5.41) is 10.4. The van der Waals surface area contributed by atoms with E-state index in [-0.39, 0.29) is 6.67 Å². The topological polar surface area (TPSA) is 104 Å². The third-order valence-corrected chi connectivity index (χ3v) is 1.69. The van der Waals surface area contributed by atoms with Gasteiger partial charge in [-0.05, 0) is 0 Å². The molecule has 0 fully saturated rings. The van der Waals surface area contributed by atoms with E-state index in [2.05, 4.69) is 5.32 Å². The molecule has 0 atom stereocenters. The van der Waals surface area contributed by atoms with Crippen molar-refractivity contribution in [3.8, 4) is 0 Å². The van der Waals surface area contributed by atoms with Crippen LogP contribution in [0.2, 0.25) is 0 Å². The Labute approximate surface area is 90.0 Å². The molecule has 1 aliphatic heterocycles. The number of carboxylic acid groups (broad SMARTS) is 1. The molecule has 7 nitrogen and oxygen atoms in total. The van der Waals surface area contributed by atoms with Gasteiger partial charge in [-0.1, -0.05) is 0 Å². The molecule has 7 heteroatoms. The van der Waals surface area contributed by atoms with E-state index in [9.17, 15) is 19.2 Å². The number of amides is 3. The van der Waals surface area contributed by atoms with Crippen molar-refractivity contribution in [3.05, 3.63) is 24.3 Å².